The number of imidazole rings is 1. The highest BCUT2D eigenvalue weighted by Gasteiger charge is 2.14. The predicted octanol–water partition coefficient (Wildman–Crippen LogP) is 1.79. The van der Waals surface area contributed by atoms with Crippen LogP contribution in [0.5, 0.6) is 0 Å². The van der Waals surface area contributed by atoms with Crippen molar-refractivity contribution >= 4 is 24.0 Å². The van der Waals surface area contributed by atoms with Gasteiger partial charge in [0.05, 0.1) is 6.54 Å². The van der Waals surface area contributed by atoms with Crippen LogP contribution in [0.3, 0.4) is 0 Å². The summed E-state index contributed by atoms with van der Waals surface area (Å²) < 4.78 is 2.06. The Kier molecular flexibility index (Phi) is 5.48. The number of nitrogens with one attached hydrogen (secondary N) is 3. The van der Waals surface area contributed by atoms with Crippen molar-refractivity contribution in [2.45, 2.75) is 13.3 Å². The van der Waals surface area contributed by atoms with Gasteiger partial charge in [0.25, 0.3) is 5.91 Å². The fraction of sp³-hybridized carbons (Fsp3) is 0.267. The molecule has 2 aromatic rings. The average Bonchev–Trinajstić information content (AvgIpc) is 2.93. The highest BCUT2D eigenvalue weighted by molar-refractivity contribution is 7.71. The maximum absolute atomic E-state index is 12.3. The molecular formula is C15H18N4O2S. The minimum Gasteiger partial charge on any atom is -0.355 e. The zero-order chi connectivity index (χ0) is 15.9. The van der Waals surface area contributed by atoms with Gasteiger partial charge in [0.2, 0.25) is 5.91 Å². The molecule has 0 fully saturated rings. The van der Waals surface area contributed by atoms with Gasteiger partial charge in [-0.05, 0) is 30.8 Å². The van der Waals surface area contributed by atoms with E-state index in [-0.39, 0.29) is 18.4 Å². The molecule has 0 aliphatic heterocycles. The molecule has 1 heterocycles. The number of amides is 2. The second-order valence-corrected chi connectivity index (χ2v) is 5.07. The Morgan fingerprint density at radius 2 is 1.95 bits per heavy atom. The van der Waals surface area contributed by atoms with E-state index in [1.807, 2.05) is 37.3 Å². The Balaban J connectivity index is 2.12. The van der Waals surface area contributed by atoms with E-state index < -0.39 is 0 Å². The molecule has 22 heavy (non-hydrogen) atoms. The van der Waals surface area contributed by atoms with E-state index in [4.69, 9.17) is 12.2 Å². The van der Waals surface area contributed by atoms with Crippen LogP contribution in [0.4, 0.5) is 0 Å². The minimum atomic E-state index is -0.358. The van der Waals surface area contributed by atoms with Crippen molar-refractivity contribution in [2.75, 3.05) is 13.1 Å². The third-order valence-corrected chi connectivity index (χ3v) is 3.31. The lowest BCUT2D eigenvalue weighted by molar-refractivity contribution is -0.120. The summed E-state index contributed by atoms with van der Waals surface area (Å²) in [4.78, 5) is 26.6. The summed E-state index contributed by atoms with van der Waals surface area (Å²) in [6, 6.07) is 9.33. The van der Waals surface area contributed by atoms with E-state index in [0.29, 0.717) is 17.0 Å². The van der Waals surface area contributed by atoms with Crippen molar-refractivity contribution in [3.8, 4) is 5.69 Å². The van der Waals surface area contributed by atoms with Gasteiger partial charge >= 0.3 is 0 Å². The van der Waals surface area contributed by atoms with Crippen LogP contribution in [-0.4, -0.2) is 34.5 Å². The second kappa shape index (κ2) is 7.56. The zero-order valence-corrected chi connectivity index (χ0v) is 13.1. The third-order valence-electron chi connectivity index (χ3n) is 3.01. The van der Waals surface area contributed by atoms with Gasteiger partial charge in [-0.15, -0.1) is 0 Å². The summed E-state index contributed by atoms with van der Waals surface area (Å²) in [5.41, 5.74) is 1.15. The van der Waals surface area contributed by atoms with Crippen LogP contribution in [0.1, 0.15) is 23.8 Å². The van der Waals surface area contributed by atoms with E-state index in [1.54, 1.807) is 4.57 Å². The number of rotatable bonds is 6. The Labute approximate surface area is 133 Å². The summed E-state index contributed by atoms with van der Waals surface area (Å²) in [6.45, 7) is 2.50. The van der Waals surface area contributed by atoms with Crippen LogP contribution in [-0.2, 0) is 4.79 Å². The molecule has 116 valence electrons. The van der Waals surface area contributed by atoms with Gasteiger partial charge in [-0.25, -0.2) is 0 Å². The first-order valence-electron chi connectivity index (χ1n) is 7.04. The van der Waals surface area contributed by atoms with Crippen molar-refractivity contribution < 1.29 is 9.59 Å². The molecule has 0 bridgehead atoms. The standard InChI is InChI=1S/C15H18N4O2S/c1-2-8-16-13(20)10-17-14(21)12-9-18-15(22)19(12)11-6-4-3-5-7-11/h3-7,9H,2,8,10H2,1H3,(H,16,20)(H,17,21)(H,18,22). The first kappa shape index (κ1) is 16.0. The topological polar surface area (TPSA) is 78.9 Å². The number of carbonyl (C=O) groups is 2. The summed E-state index contributed by atoms with van der Waals surface area (Å²) in [5, 5.41) is 5.29. The van der Waals surface area contributed by atoms with E-state index >= 15 is 0 Å². The Morgan fingerprint density at radius 1 is 1.23 bits per heavy atom. The monoisotopic (exact) mass is 318 g/mol. The molecule has 2 rings (SSSR count). The smallest absolute Gasteiger partial charge is 0.270 e. The molecule has 2 amide bonds. The molecule has 0 atom stereocenters. The maximum Gasteiger partial charge on any atom is 0.270 e. The van der Waals surface area contributed by atoms with Crippen molar-refractivity contribution in [3.63, 3.8) is 0 Å². The highest BCUT2D eigenvalue weighted by Crippen LogP contribution is 2.12. The maximum atomic E-state index is 12.3. The molecule has 0 unspecified atom stereocenters. The molecule has 1 aromatic carbocycles. The summed E-state index contributed by atoms with van der Waals surface area (Å²) in [5.74, 6) is -0.571. The Morgan fingerprint density at radius 3 is 2.64 bits per heavy atom. The second-order valence-electron chi connectivity index (χ2n) is 4.68. The van der Waals surface area contributed by atoms with Crippen LogP contribution in [0.25, 0.3) is 5.69 Å². The van der Waals surface area contributed by atoms with E-state index in [9.17, 15) is 9.59 Å². The molecule has 0 saturated carbocycles. The predicted molar refractivity (Wildman–Crippen MR) is 86.6 cm³/mol. The lowest BCUT2D eigenvalue weighted by Crippen LogP contribution is -2.37. The number of hydrogen-bond acceptors (Lipinski definition) is 3. The number of benzene rings is 1. The van der Waals surface area contributed by atoms with Crippen LogP contribution < -0.4 is 10.6 Å². The summed E-state index contributed by atoms with van der Waals surface area (Å²) in [7, 11) is 0. The van der Waals surface area contributed by atoms with E-state index in [0.717, 1.165) is 12.1 Å². The first-order valence-corrected chi connectivity index (χ1v) is 7.45. The zero-order valence-electron chi connectivity index (χ0n) is 12.3. The largest absolute Gasteiger partial charge is 0.355 e. The lowest BCUT2D eigenvalue weighted by atomic mass is 10.3. The fourth-order valence-electron chi connectivity index (χ4n) is 1.95. The number of H-pyrrole nitrogens is 1. The molecule has 7 heteroatoms. The number of aromatic nitrogens is 2. The number of para-hydroxylation sites is 1. The SMILES string of the molecule is CCCNC(=O)CNC(=O)c1c[nH]c(=S)n1-c1ccccc1. The molecular weight excluding hydrogens is 300 g/mol. The summed E-state index contributed by atoms with van der Waals surface area (Å²) >= 11 is 5.22. The number of carbonyl (C=O) groups excluding carboxylic acids is 2. The van der Waals surface area contributed by atoms with Gasteiger partial charge in [0, 0.05) is 18.4 Å². The molecule has 0 saturated heterocycles. The number of hydrogen-bond donors (Lipinski definition) is 3. The van der Waals surface area contributed by atoms with Gasteiger partial charge in [-0.3, -0.25) is 14.2 Å². The van der Waals surface area contributed by atoms with Gasteiger partial charge < -0.3 is 15.6 Å². The normalized spacial score (nSPS) is 10.2. The fourth-order valence-corrected chi connectivity index (χ4v) is 2.21. The van der Waals surface area contributed by atoms with Gasteiger partial charge in [-0.2, -0.15) is 0 Å². The van der Waals surface area contributed by atoms with E-state index in [1.165, 1.54) is 6.20 Å². The quantitative estimate of drug-likeness (QED) is 0.711. The van der Waals surface area contributed by atoms with Crippen molar-refractivity contribution in [2.24, 2.45) is 0 Å². The van der Waals surface area contributed by atoms with Crippen molar-refractivity contribution in [1.29, 1.82) is 0 Å². The average molecular weight is 318 g/mol. The van der Waals surface area contributed by atoms with Crippen LogP contribution in [0.15, 0.2) is 36.5 Å². The van der Waals surface area contributed by atoms with Gasteiger partial charge in [0.15, 0.2) is 4.77 Å². The molecule has 0 aliphatic carbocycles. The van der Waals surface area contributed by atoms with Crippen LogP contribution in [0.2, 0.25) is 0 Å². The van der Waals surface area contributed by atoms with Crippen LogP contribution in [0, 0.1) is 4.77 Å². The minimum absolute atomic E-state index is 0.0639. The van der Waals surface area contributed by atoms with E-state index in [2.05, 4.69) is 15.6 Å². The molecule has 0 radical (unpaired) electrons. The number of aromatic amines is 1. The molecule has 0 aliphatic rings. The number of nitrogens with zero attached hydrogens (tertiary/aromatic N) is 1. The van der Waals surface area contributed by atoms with Crippen molar-refractivity contribution in [3.05, 3.63) is 47.0 Å². The third kappa shape index (κ3) is 3.82. The van der Waals surface area contributed by atoms with Crippen LogP contribution >= 0.6 is 12.2 Å². The molecule has 1 aromatic heterocycles. The highest BCUT2D eigenvalue weighted by atomic mass is 32.1. The Hall–Kier alpha value is -2.41. The molecule has 6 nitrogen and oxygen atoms in total. The molecule has 3 N–H and O–H groups in total. The summed E-state index contributed by atoms with van der Waals surface area (Å²) in [6.07, 6.45) is 2.39. The molecule has 0 spiro atoms. The van der Waals surface area contributed by atoms with Gasteiger partial charge in [0.1, 0.15) is 5.69 Å². The first-order chi connectivity index (χ1) is 10.6. The Bertz CT molecular complexity index is 706. The van der Waals surface area contributed by atoms with Gasteiger partial charge in [-0.1, -0.05) is 25.1 Å². The van der Waals surface area contributed by atoms with Crippen molar-refractivity contribution in [1.82, 2.24) is 20.2 Å². The lowest BCUT2D eigenvalue weighted by Gasteiger charge is -2.09.